The monoisotopic (exact) mass is 293 g/mol. The molecule has 2 heterocycles. The zero-order chi connectivity index (χ0) is 14.7. The zero-order valence-corrected chi connectivity index (χ0v) is 12.9. The number of likely N-dealkylation sites (tertiary alicyclic amines) is 1. The van der Waals surface area contributed by atoms with Crippen molar-refractivity contribution in [1.29, 1.82) is 0 Å². The summed E-state index contributed by atoms with van der Waals surface area (Å²) in [5.41, 5.74) is 0. The number of rotatable bonds is 3. The molecule has 0 N–H and O–H groups in total. The van der Waals surface area contributed by atoms with Crippen molar-refractivity contribution in [1.82, 2.24) is 4.90 Å². The molecule has 3 unspecified atom stereocenters. The van der Waals surface area contributed by atoms with E-state index in [0.29, 0.717) is 12.2 Å². The van der Waals surface area contributed by atoms with Crippen LogP contribution in [0.15, 0.2) is 0 Å². The molecule has 4 heteroatoms. The fraction of sp³-hybridized carbons (Fsp3) is 0.882. The Morgan fingerprint density at radius 2 is 1.95 bits per heavy atom. The first kappa shape index (κ1) is 15.0. The van der Waals surface area contributed by atoms with Gasteiger partial charge in [-0.2, -0.15) is 0 Å². The molecule has 1 amide bonds. The second-order valence-corrected chi connectivity index (χ2v) is 6.81. The third-order valence-electron chi connectivity index (χ3n) is 5.36. The largest absolute Gasteiger partial charge is 0.378 e. The highest BCUT2D eigenvalue weighted by atomic mass is 16.5. The van der Waals surface area contributed by atoms with Gasteiger partial charge in [-0.3, -0.25) is 9.59 Å². The standard InChI is InChI=1S/C17H27NO3/c19-16-9-2-1-7-14(16)15-8-5-10-18(15)17(20)12-13-6-3-4-11-21-13/h13-15H,1-12H2. The van der Waals surface area contributed by atoms with Crippen LogP contribution in [0.4, 0.5) is 0 Å². The number of carbonyl (C=O) groups excluding carboxylic acids is 2. The number of hydrogen-bond acceptors (Lipinski definition) is 3. The maximum Gasteiger partial charge on any atom is 0.225 e. The topological polar surface area (TPSA) is 46.6 Å². The van der Waals surface area contributed by atoms with E-state index >= 15 is 0 Å². The molecule has 0 spiro atoms. The van der Waals surface area contributed by atoms with Gasteiger partial charge in [0.1, 0.15) is 5.78 Å². The quantitative estimate of drug-likeness (QED) is 0.803. The van der Waals surface area contributed by atoms with Crippen LogP contribution in [0.1, 0.15) is 64.2 Å². The average molecular weight is 293 g/mol. The van der Waals surface area contributed by atoms with Crippen LogP contribution >= 0.6 is 0 Å². The molecule has 0 aromatic rings. The van der Waals surface area contributed by atoms with Gasteiger partial charge in [0.05, 0.1) is 12.5 Å². The smallest absolute Gasteiger partial charge is 0.225 e. The van der Waals surface area contributed by atoms with Crippen LogP contribution in [0.5, 0.6) is 0 Å². The molecule has 0 aromatic heterocycles. The summed E-state index contributed by atoms with van der Waals surface area (Å²) in [6.45, 7) is 1.63. The lowest BCUT2D eigenvalue weighted by atomic mass is 9.81. The van der Waals surface area contributed by atoms with Gasteiger partial charge in [0.2, 0.25) is 5.91 Å². The highest BCUT2D eigenvalue weighted by Gasteiger charge is 2.39. The summed E-state index contributed by atoms with van der Waals surface area (Å²) in [5, 5.41) is 0. The van der Waals surface area contributed by atoms with E-state index in [2.05, 4.69) is 0 Å². The molecule has 2 saturated heterocycles. The van der Waals surface area contributed by atoms with Crippen molar-refractivity contribution in [3.8, 4) is 0 Å². The van der Waals surface area contributed by atoms with Crippen LogP contribution in [0, 0.1) is 5.92 Å². The minimum Gasteiger partial charge on any atom is -0.378 e. The molecule has 0 aromatic carbocycles. The number of hydrogen-bond donors (Lipinski definition) is 0. The third kappa shape index (κ3) is 3.47. The summed E-state index contributed by atoms with van der Waals surface area (Å²) < 4.78 is 5.70. The van der Waals surface area contributed by atoms with E-state index in [0.717, 1.165) is 64.5 Å². The minimum absolute atomic E-state index is 0.106. The summed E-state index contributed by atoms with van der Waals surface area (Å²) in [5.74, 6) is 0.708. The predicted molar refractivity (Wildman–Crippen MR) is 79.9 cm³/mol. The molecule has 3 fully saturated rings. The van der Waals surface area contributed by atoms with Crippen molar-refractivity contribution in [3.63, 3.8) is 0 Å². The van der Waals surface area contributed by atoms with Gasteiger partial charge in [-0.1, -0.05) is 6.42 Å². The van der Waals surface area contributed by atoms with Crippen LogP contribution in [0.3, 0.4) is 0 Å². The number of Topliss-reactive ketones (excluding diaryl/α,β-unsaturated/α-hetero) is 1. The Morgan fingerprint density at radius 1 is 1.10 bits per heavy atom. The van der Waals surface area contributed by atoms with E-state index in [1.165, 1.54) is 6.42 Å². The summed E-state index contributed by atoms with van der Waals surface area (Å²) in [6.07, 6.45) is 9.84. The summed E-state index contributed by atoms with van der Waals surface area (Å²) >= 11 is 0. The van der Waals surface area contributed by atoms with E-state index in [4.69, 9.17) is 4.74 Å². The SMILES string of the molecule is O=C1CCCCC1C1CCCN1C(=O)CC1CCCCO1. The minimum atomic E-state index is 0.106. The molecule has 4 nitrogen and oxygen atoms in total. The Morgan fingerprint density at radius 3 is 2.71 bits per heavy atom. The fourth-order valence-electron chi connectivity index (χ4n) is 4.22. The second kappa shape index (κ2) is 6.91. The van der Waals surface area contributed by atoms with Gasteiger partial charge in [-0.25, -0.2) is 0 Å². The van der Waals surface area contributed by atoms with E-state index < -0.39 is 0 Å². The summed E-state index contributed by atoms with van der Waals surface area (Å²) in [6, 6.07) is 0.175. The van der Waals surface area contributed by atoms with Gasteiger partial charge < -0.3 is 9.64 Å². The maximum atomic E-state index is 12.6. The van der Waals surface area contributed by atoms with Gasteiger partial charge in [-0.15, -0.1) is 0 Å². The van der Waals surface area contributed by atoms with Gasteiger partial charge in [0.15, 0.2) is 0 Å². The Hall–Kier alpha value is -0.900. The molecule has 0 bridgehead atoms. The number of ketones is 1. The average Bonchev–Trinajstić information content (AvgIpc) is 2.98. The Balaban J connectivity index is 1.60. The van der Waals surface area contributed by atoms with E-state index in [1.54, 1.807) is 0 Å². The van der Waals surface area contributed by atoms with Gasteiger partial charge in [0.25, 0.3) is 0 Å². The highest BCUT2D eigenvalue weighted by Crippen LogP contribution is 2.33. The number of carbonyl (C=O) groups is 2. The predicted octanol–water partition coefficient (Wildman–Crippen LogP) is 2.70. The molecule has 118 valence electrons. The van der Waals surface area contributed by atoms with Crippen LogP contribution in [0.25, 0.3) is 0 Å². The van der Waals surface area contributed by atoms with E-state index in [9.17, 15) is 9.59 Å². The maximum absolute atomic E-state index is 12.6. The third-order valence-corrected chi connectivity index (χ3v) is 5.36. The molecular formula is C17H27NO3. The molecule has 3 aliphatic rings. The van der Waals surface area contributed by atoms with Crippen LogP contribution in [-0.4, -0.2) is 41.9 Å². The molecule has 21 heavy (non-hydrogen) atoms. The fourth-order valence-corrected chi connectivity index (χ4v) is 4.22. The highest BCUT2D eigenvalue weighted by molar-refractivity contribution is 5.84. The van der Waals surface area contributed by atoms with Crippen LogP contribution in [0.2, 0.25) is 0 Å². The zero-order valence-electron chi connectivity index (χ0n) is 12.9. The lowest BCUT2D eigenvalue weighted by molar-refractivity contribution is -0.138. The molecule has 3 rings (SSSR count). The summed E-state index contributed by atoms with van der Waals surface area (Å²) in [7, 11) is 0. The van der Waals surface area contributed by atoms with E-state index in [-0.39, 0.29) is 24.0 Å². The number of amides is 1. The second-order valence-electron chi connectivity index (χ2n) is 6.81. The van der Waals surface area contributed by atoms with Crippen LogP contribution < -0.4 is 0 Å². The lowest BCUT2D eigenvalue weighted by Gasteiger charge is -2.34. The number of ether oxygens (including phenoxy) is 1. The molecule has 2 aliphatic heterocycles. The molecule has 1 aliphatic carbocycles. The Labute approximate surface area is 127 Å². The Bertz CT molecular complexity index is 389. The molecule has 1 saturated carbocycles. The first-order chi connectivity index (χ1) is 10.3. The van der Waals surface area contributed by atoms with E-state index in [1.807, 2.05) is 4.90 Å². The molecule has 3 atom stereocenters. The molecule has 0 radical (unpaired) electrons. The van der Waals surface area contributed by atoms with Crippen LogP contribution in [-0.2, 0) is 14.3 Å². The first-order valence-corrected chi connectivity index (χ1v) is 8.69. The van der Waals surface area contributed by atoms with Gasteiger partial charge in [0, 0.05) is 31.5 Å². The molecular weight excluding hydrogens is 266 g/mol. The van der Waals surface area contributed by atoms with Gasteiger partial charge >= 0.3 is 0 Å². The lowest BCUT2D eigenvalue weighted by Crippen LogP contribution is -2.45. The van der Waals surface area contributed by atoms with Crippen molar-refractivity contribution in [2.45, 2.75) is 76.4 Å². The first-order valence-electron chi connectivity index (χ1n) is 8.69. The number of nitrogens with zero attached hydrogens (tertiary/aromatic N) is 1. The van der Waals surface area contributed by atoms with Gasteiger partial charge in [-0.05, 0) is 44.9 Å². The normalized spacial score (nSPS) is 34.2. The Kier molecular flexibility index (Phi) is 4.94. The van der Waals surface area contributed by atoms with Crippen molar-refractivity contribution in [2.75, 3.05) is 13.2 Å². The van der Waals surface area contributed by atoms with Crippen molar-refractivity contribution >= 4 is 11.7 Å². The van der Waals surface area contributed by atoms with Crippen molar-refractivity contribution < 1.29 is 14.3 Å². The van der Waals surface area contributed by atoms with Crippen molar-refractivity contribution in [3.05, 3.63) is 0 Å². The summed E-state index contributed by atoms with van der Waals surface area (Å²) in [4.78, 5) is 26.8. The van der Waals surface area contributed by atoms with Crippen molar-refractivity contribution in [2.24, 2.45) is 5.92 Å².